The minimum atomic E-state index is 0.203. The van der Waals surface area contributed by atoms with Gasteiger partial charge >= 0.3 is 0 Å². The second-order valence-electron chi connectivity index (χ2n) is 4.75. The fourth-order valence-electron chi connectivity index (χ4n) is 2.26. The van der Waals surface area contributed by atoms with Gasteiger partial charge in [-0.15, -0.1) is 11.3 Å². The second kappa shape index (κ2) is 4.58. The molecule has 3 rings (SSSR count). The van der Waals surface area contributed by atoms with Crippen molar-refractivity contribution in [3.05, 3.63) is 44.5 Å². The van der Waals surface area contributed by atoms with Gasteiger partial charge in [0.15, 0.2) is 10.4 Å². The Morgan fingerprint density at radius 2 is 2.05 bits per heavy atom. The van der Waals surface area contributed by atoms with Crippen LogP contribution in [0.25, 0.3) is 11.2 Å². The summed E-state index contributed by atoms with van der Waals surface area (Å²) in [4.78, 5) is 10.5. The van der Waals surface area contributed by atoms with Crippen molar-refractivity contribution in [2.24, 2.45) is 0 Å². The summed E-state index contributed by atoms with van der Waals surface area (Å²) in [6, 6.07) is 8.55. The normalized spacial score (nSPS) is 13.0. The summed E-state index contributed by atoms with van der Waals surface area (Å²) >= 11 is 7.26. The minimum Gasteiger partial charge on any atom is -0.329 e. The maximum Gasteiger partial charge on any atom is 0.179 e. The smallest absolute Gasteiger partial charge is 0.179 e. The molecule has 1 atom stereocenters. The predicted octanol–water partition coefficient (Wildman–Crippen LogP) is 4.38. The fraction of sp³-hybridized carbons (Fsp3) is 0.286. The summed E-state index contributed by atoms with van der Waals surface area (Å²) in [6.07, 6.45) is 0. The van der Waals surface area contributed by atoms with Crippen LogP contribution in [0.2, 0.25) is 0 Å². The van der Waals surface area contributed by atoms with E-state index in [1.54, 1.807) is 11.3 Å². The zero-order valence-electron chi connectivity index (χ0n) is 11.1. The average molecular weight is 289 g/mol. The summed E-state index contributed by atoms with van der Waals surface area (Å²) < 4.78 is 2.83. The lowest BCUT2D eigenvalue weighted by atomic mass is 10.2. The maximum absolute atomic E-state index is 5.45. The molecule has 0 spiro atoms. The van der Waals surface area contributed by atoms with E-state index >= 15 is 0 Å². The zero-order valence-corrected chi connectivity index (χ0v) is 12.7. The molecule has 0 fully saturated rings. The SMILES string of the molecule is Cc1ccc2[nH]c(=S)n(C(C)c3ccc(C)s3)c2n1. The van der Waals surface area contributed by atoms with Gasteiger partial charge in [-0.1, -0.05) is 0 Å². The number of H-pyrrole nitrogens is 1. The number of thiophene rings is 1. The molecule has 0 aliphatic heterocycles. The van der Waals surface area contributed by atoms with Crippen molar-refractivity contribution < 1.29 is 0 Å². The van der Waals surface area contributed by atoms with Crippen molar-refractivity contribution >= 4 is 34.7 Å². The van der Waals surface area contributed by atoms with Gasteiger partial charge in [0.1, 0.15) is 0 Å². The quantitative estimate of drug-likeness (QED) is 0.710. The second-order valence-corrected chi connectivity index (χ2v) is 6.45. The number of imidazole rings is 1. The number of aromatic amines is 1. The molecule has 0 aliphatic rings. The van der Waals surface area contributed by atoms with E-state index < -0.39 is 0 Å². The molecular weight excluding hydrogens is 274 g/mol. The number of fused-ring (bicyclic) bond motifs is 1. The van der Waals surface area contributed by atoms with Crippen molar-refractivity contribution in [2.45, 2.75) is 26.8 Å². The molecule has 0 aromatic carbocycles. The van der Waals surface area contributed by atoms with Crippen molar-refractivity contribution in [3.63, 3.8) is 0 Å². The lowest BCUT2D eigenvalue weighted by Crippen LogP contribution is -2.06. The number of nitrogens with zero attached hydrogens (tertiary/aromatic N) is 2. The first-order valence-corrected chi connectivity index (χ1v) is 7.43. The van der Waals surface area contributed by atoms with Gasteiger partial charge < -0.3 is 4.98 Å². The Morgan fingerprint density at radius 1 is 1.26 bits per heavy atom. The van der Waals surface area contributed by atoms with Crippen LogP contribution in [0, 0.1) is 18.6 Å². The van der Waals surface area contributed by atoms with Crippen LogP contribution in [0.3, 0.4) is 0 Å². The van der Waals surface area contributed by atoms with Crippen molar-refractivity contribution in [3.8, 4) is 0 Å². The first-order chi connectivity index (χ1) is 9.06. The first kappa shape index (κ1) is 12.6. The van der Waals surface area contributed by atoms with Crippen LogP contribution in [0.1, 0.15) is 28.4 Å². The maximum atomic E-state index is 5.45. The van der Waals surface area contributed by atoms with Gasteiger partial charge in [-0.2, -0.15) is 0 Å². The molecule has 5 heteroatoms. The van der Waals surface area contributed by atoms with Crippen LogP contribution >= 0.6 is 23.6 Å². The molecule has 0 saturated carbocycles. The fourth-order valence-corrected chi connectivity index (χ4v) is 3.53. The van der Waals surface area contributed by atoms with Gasteiger partial charge in [-0.3, -0.25) is 4.57 Å². The third-order valence-electron chi connectivity index (χ3n) is 3.26. The van der Waals surface area contributed by atoms with Crippen LogP contribution in [-0.2, 0) is 0 Å². The zero-order chi connectivity index (χ0) is 13.6. The lowest BCUT2D eigenvalue weighted by Gasteiger charge is -2.12. The minimum absolute atomic E-state index is 0.203. The summed E-state index contributed by atoms with van der Waals surface area (Å²) in [5.41, 5.74) is 2.93. The Balaban J connectivity index is 2.21. The molecule has 19 heavy (non-hydrogen) atoms. The highest BCUT2D eigenvalue weighted by Crippen LogP contribution is 2.28. The van der Waals surface area contributed by atoms with Crippen LogP contribution < -0.4 is 0 Å². The van der Waals surface area contributed by atoms with Gasteiger partial charge in [-0.05, 0) is 57.3 Å². The summed E-state index contributed by atoms with van der Waals surface area (Å²) in [5.74, 6) is 0. The lowest BCUT2D eigenvalue weighted by molar-refractivity contribution is 0.654. The summed E-state index contributed by atoms with van der Waals surface area (Å²) in [6.45, 7) is 6.29. The number of hydrogen-bond acceptors (Lipinski definition) is 3. The Labute approximate surface area is 120 Å². The molecule has 3 heterocycles. The van der Waals surface area contributed by atoms with Crippen molar-refractivity contribution in [1.29, 1.82) is 0 Å². The third-order valence-corrected chi connectivity index (χ3v) is 4.73. The number of pyridine rings is 1. The topological polar surface area (TPSA) is 33.6 Å². The predicted molar refractivity (Wildman–Crippen MR) is 82.5 cm³/mol. The molecule has 0 aliphatic carbocycles. The Bertz CT molecular complexity index is 794. The molecule has 0 radical (unpaired) electrons. The third kappa shape index (κ3) is 2.13. The van der Waals surface area contributed by atoms with Crippen molar-refractivity contribution in [1.82, 2.24) is 14.5 Å². The largest absolute Gasteiger partial charge is 0.329 e. The highest BCUT2D eigenvalue weighted by molar-refractivity contribution is 7.71. The molecule has 0 bridgehead atoms. The number of aromatic nitrogens is 3. The van der Waals surface area contributed by atoms with E-state index in [2.05, 4.69) is 40.5 Å². The van der Waals surface area contributed by atoms with E-state index in [0.717, 1.165) is 21.6 Å². The van der Waals surface area contributed by atoms with E-state index in [1.807, 2.05) is 19.1 Å². The van der Waals surface area contributed by atoms with Crippen LogP contribution in [0.4, 0.5) is 0 Å². The Kier molecular flexibility index (Phi) is 3.03. The molecule has 3 aromatic heterocycles. The van der Waals surface area contributed by atoms with E-state index in [4.69, 9.17) is 12.2 Å². The number of hydrogen-bond donors (Lipinski definition) is 1. The van der Waals surface area contributed by atoms with Crippen LogP contribution in [0.5, 0.6) is 0 Å². The Hall–Kier alpha value is -1.46. The monoisotopic (exact) mass is 289 g/mol. The summed E-state index contributed by atoms with van der Waals surface area (Å²) in [7, 11) is 0. The van der Waals surface area contributed by atoms with E-state index in [-0.39, 0.29) is 6.04 Å². The molecule has 0 amide bonds. The molecular formula is C14H15N3S2. The highest BCUT2D eigenvalue weighted by atomic mass is 32.1. The van der Waals surface area contributed by atoms with E-state index in [1.165, 1.54) is 9.75 Å². The van der Waals surface area contributed by atoms with Gasteiger partial charge in [0.25, 0.3) is 0 Å². The molecule has 98 valence electrons. The number of nitrogens with one attached hydrogen (secondary N) is 1. The van der Waals surface area contributed by atoms with Crippen LogP contribution in [-0.4, -0.2) is 14.5 Å². The van der Waals surface area contributed by atoms with Gasteiger partial charge in [0, 0.05) is 15.4 Å². The van der Waals surface area contributed by atoms with Gasteiger partial charge in [-0.25, -0.2) is 4.98 Å². The van der Waals surface area contributed by atoms with Crippen LogP contribution in [0.15, 0.2) is 24.3 Å². The first-order valence-electron chi connectivity index (χ1n) is 6.20. The number of rotatable bonds is 2. The molecule has 1 N–H and O–H groups in total. The average Bonchev–Trinajstić information content (AvgIpc) is 2.91. The molecule has 0 saturated heterocycles. The van der Waals surface area contributed by atoms with Gasteiger partial charge in [0.2, 0.25) is 0 Å². The van der Waals surface area contributed by atoms with Crippen molar-refractivity contribution in [2.75, 3.05) is 0 Å². The molecule has 3 aromatic rings. The number of aryl methyl sites for hydroxylation is 2. The molecule has 3 nitrogen and oxygen atoms in total. The highest BCUT2D eigenvalue weighted by Gasteiger charge is 2.15. The van der Waals surface area contributed by atoms with E-state index in [0.29, 0.717) is 0 Å². The summed E-state index contributed by atoms with van der Waals surface area (Å²) in [5, 5.41) is 0. The Morgan fingerprint density at radius 3 is 2.74 bits per heavy atom. The standard InChI is InChI=1S/C14H15N3S2/c1-8-4-6-11-13(15-8)17(14(18)16-11)10(3)12-7-5-9(2)19-12/h4-7,10H,1-3H3,(H,16,18). The van der Waals surface area contributed by atoms with Gasteiger partial charge in [0.05, 0.1) is 11.6 Å². The molecule has 1 unspecified atom stereocenters. The van der Waals surface area contributed by atoms with E-state index in [9.17, 15) is 0 Å².